The molecule has 5 nitrogen and oxygen atoms in total. The summed E-state index contributed by atoms with van der Waals surface area (Å²) in [6, 6.07) is 8.95. The van der Waals surface area contributed by atoms with Crippen molar-refractivity contribution in [2.24, 2.45) is 0 Å². The van der Waals surface area contributed by atoms with Crippen LogP contribution in [0.2, 0.25) is 0 Å². The van der Waals surface area contributed by atoms with Crippen molar-refractivity contribution in [2.45, 2.75) is 6.61 Å². The molecule has 1 aromatic rings. The number of hydrogen-bond donors (Lipinski definition) is 1. The highest BCUT2D eigenvalue weighted by Gasteiger charge is 2.27. The lowest BCUT2D eigenvalue weighted by atomic mass is 10.2. The van der Waals surface area contributed by atoms with E-state index >= 15 is 0 Å². The van der Waals surface area contributed by atoms with Crippen molar-refractivity contribution in [2.75, 3.05) is 13.1 Å². The molecule has 0 aliphatic carbocycles. The predicted octanol–water partition coefficient (Wildman–Crippen LogP) is 1.35. The van der Waals surface area contributed by atoms with Crippen molar-refractivity contribution >= 4 is 12.1 Å². The van der Waals surface area contributed by atoms with Gasteiger partial charge in [-0.05, 0) is 5.56 Å². The molecule has 1 aliphatic rings. The molecule has 2 rings (SSSR count). The van der Waals surface area contributed by atoms with Gasteiger partial charge in [-0.2, -0.15) is 0 Å². The van der Waals surface area contributed by atoms with Crippen molar-refractivity contribution in [3.63, 3.8) is 0 Å². The van der Waals surface area contributed by atoms with Crippen molar-refractivity contribution in [1.29, 1.82) is 0 Å². The maximum atomic E-state index is 11.5. The topological polar surface area (TPSA) is 58.6 Å². The van der Waals surface area contributed by atoms with E-state index in [0.717, 1.165) is 10.5 Å². The summed E-state index contributed by atoms with van der Waals surface area (Å²) in [5, 5.41) is 2.53. The standard InChI is InChI=1S/C11H12N2O3/c14-10-12-6-7-13(10)11(15)16-8-9-4-2-1-3-5-9/h1-5H,6-8H2,(H,12,14). The number of nitrogens with one attached hydrogen (secondary N) is 1. The van der Waals surface area contributed by atoms with E-state index in [1.807, 2.05) is 30.3 Å². The second-order valence-electron chi connectivity index (χ2n) is 3.42. The molecule has 16 heavy (non-hydrogen) atoms. The van der Waals surface area contributed by atoms with E-state index < -0.39 is 12.1 Å². The molecule has 1 saturated heterocycles. The maximum absolute atomic E-state index is 11.5. The third-order valence-corrected chi connectivity index (χ3v) is 2.28. The van der Waals surface area contributed by atoms with E-state index in [9.17, 15) is 9.59 Å². The summed E-state index contributed by atoms with van der Waals surface area (Å²) in [5.41, 5.74) is 0.899. The molecule has 0 unspecified atom stereocenters. The van der Waals surface area contributed by atoms with Crippen LogP contribution in [0.1, 0.15) is 5.56 Å². The van der Waals surface area contributed by atoms with Gasteiger partial charge in [-0.25, -0.2) is 14.5 Å². The van der Waals surface area contributed by atoms with Gasteiger partial charge in [-0.3, -0.25) is 0 Å². The fourth-order valence-electron chi connectivity index (χ4n) is 1.44. The van der Waals surface area contributed by atoms with Crippen LogP contribution in [0.5, 0.6) is 0 Å². The molecule has 1 aliphatic heterocycles. The molecule has 1 heterocycles. The minimum atomic E-state index is -0.598. The molecule has 0 spiro atoms. The molecule has 0 saturated carbocycles. The van der Waals surface area contributed by atoms with Crippen LogP contribution in [0.3, 0.4) is 0 Å². The first-order valence-electron chi connectivity index (χ1n) is 5.03. The van der Waals surface area contributed by atoms with Gasteiger partial charge in [-0.15, -0.1) is 0 Å². The molecule has 0 radical (unpaired) electrons. The van der Waals surface area contributed by atoms with Crippen molar-refractivity contribution in [1.82, 2.24) is 10.2 Å². The zero-order valence-corrected chi connectivity index (χ0v) is 8.68. The summed E-state index contributed by atoms with van der Waals surface area (Å²) < 4.78 is 5.01. The summed E-state index contributed by atoms with van der Waals surface area (Å²) in [6.45, 7) is 1.04. The lowest BCUT2D eigenvalue weighted by Crippen LogP contribution is -2.34. The second-order valence-corrected chi connectivity index (χ2v) is 3.42. The fourth-order valence-corrected chi connectivity index (χ4v) is 1.44. The number of amides is 3. The Kier molecular flexibility index (Phi) is 3.05. The molecule has 0 bridgehead atoms. The number of ether oxygens (including phenoxy) is 1. The van der Waals surface area contributed by atoms with Gasteiger partial charge >= 0.3 is 12.1 Å². The van der Waals surface area contributed by atoms with Crippen LogP contribution in [0.15, 0.2) is 30.3 Å². The van der Waals surface area contributed by atoms with Crippen LogP contribution in [-0.4, -0.2) is 30.1 Å². The first-order chi connectivity index (χ1) is 7.77. The van der Waals surface area contributed by atoms with Crippen LogP contribution in [0, 0.1) is 0 Å². The van der Waals surface area contributed by atoms with Crippen LogP contribution in [-0.2, 0) is 11.3 Å². The van der Waals surface area contributed by atoms with Crippen LogP contribution < -0.4 is 5.32 Å². The number of rotatable bonds is 2. The number of urea groups is 1. The van der Waals surface area contributed by atoms with Crippen molar-refractivity contribution < 1.29 is 14.3 Å². The number of nitrogens with zero attached hydrogens (tertiary/aromatic N) is 1. The van der Waals surface area contributed by atoms with Gasteiger partial charge in [0.05, 0.1) is 6.54 Å². The number of carbonyl (C=O) groups is 2. The molecule has 84 valence electrons. The summed E-state index contributed by atoms with van der Waals surface area (Å²) in [7, 11) is 0. The highest BCUT2D eigenvalue weighted by molar-refractivity contribution is 5.92. The average molecular weight is 220 g/mol. The van der Waals surface area contributed by atoms with E-state index in [-0.39, 0.29) is 6.61 Å². The quantitative estimate of drug-likeness (QED) is 0.818. The molecular weight excluding hydrogens is 208 g/mol. The lowest BCUT2D eigenvalue weighted by Gasteiger charge is -2.12. The molecule has 0 aromatic heterocycles. The molecule has 1 N–H and O–H groups in total. The summed E-state index contributed by atoms with van der Waals surface area (Å²) in [4.78, 5) is 23.7. The maximum Gasteiger partial charge on any atom is 0.418 e. The Morgan fingerprint density at radius 2 is 2.12 bits per heavy atom. The highest BCUT2D eigenvalue weighted by atomic mass is 16.6. The van der Waals surface area contributed by atoms with Crippen LogP contribution >= 0.6 is 0 Å². The number of hydrogen-bond acceptors (Lipinski definition) is 3. The molecule has 1 aromatic carbocycles. The molecular formula is C11H12N2O3. The van der Waals surface area contributed by atoms with Gasteiger partial charge in [0.1, 0.15) is 6.61 Å². The van der Waals surface area contributed by atoms with Gasteiger partial charge in [0.15, 0.2) is 0 Å². The molecule has 1 fully saturated rings. The summed E-state index contributed by atoms with van der Waals surface area (Å²) >= 11 is 0. The highest BCUT2D eigenvalue weighted by Crippen LogP contribution is 2.05. The fraction of sp³-hybridized carbons (Fsp3) is 0.273. The van der Waals surface area contributed by atoms with Gasteiger partial charge in [-0.1, -0.05) is 30.3 Å². The molecule has 3 amide bonds. The van der Waals surface area contributed by atoms with E-state index in [1.54, 1.807) is 0 Å². The Hall–Kier alpha value is -2.04. The Morgan fingerprint density at radius 1 is 1.38 bits per heavy atom. The molecule has 0 atom stereocenters. The summed E-state index contributed by atoms with van der Waals surface area (Å²) in [6.07, 6.45) is -0.598. The largest absolute Gasteiger partial charge is 0.444 e. The minimum Gasteiger partial charge on any atom is -0.444 e. The Morgan fingerprint density at radius 3 is 2.75 bits per heavy atom. The third-order valence-electron chi connectivity index (χ3n) is 2.28. The second kappa shape index (κ2) is 4.65. The van der Waals surface area contributed by atoms with Crippen molar-refractivity contribution in [3.8, 4) is 0 Å². The van der Waals surface area contributed by atoms with E-state index in [4.69, 9.17) is 4.74 Å². The Balaban J connectivity index is 1.86. The predicted molar refractivity (Wildman–Crippen MR) is 56.7 cm³/mol. The van der Waals surface area contributed by atoms with E-state index in [1.165, 1.54) is 0 Å². The van der Waals surface area contributed by atoms with Crippen LogP contribution in [0.4, 0.5) is 9.59 Å². The number of imide groups is 1. The molecule has 5 heteroatoms. The number of benzene rings is 1. The smallest absolute Gasteiger partial charge is 0.418 e. The zero-order chi connectivity index (χ0) is 11.4. The first-order valence-corrected chi connectivity index (χ1v) is 5.03. The average Bonchev–Trinajstić information content (AvgIpc) is 2.74. The first kappa shape index (κ1) is 10.5. The van der Waals surface area contributed by atoms with Gasteiger partial charge in [0, 0.05) is 6.54 Å². The van der Waals surface area contributed by atoms with Gasteiger partial charge in [0.25, 0.3) is 0 Å². The van der Waals surface area contributed by atoms with Gasteiger partial charge < -0.3 is 10.1 Å². The van der Waals surface area contributed by atoms with E-state index in [0.29, 0.717) is 13.1 Å². The minimum absolute atomic E-state index is 0.184. The van der Waals surface area contributed by atoms with Crippen LogP contribution in [0.25, 0.3) is 0 Å². The monoisotopic (exact) mass is 220 g/mol. The van der Waals surface area contributed by atoms with E-state index in [2.05, 4.69) is 5.32 Å². The lowest BCUT2D eigenvalue weighted by molar-refractivity contribution is 0.110. The SMILES string of the molecule is O=C1NCCN1C(=O)OCc1ccccc1. The third kappa shape index (κ3) is 2.31. The normalized spacial score (nSPS) is 14.8. The summed E-state index contributed by atoms with van der Waals surface area (Å²) in [5.74, 6) is 0. The zero-order valence-electron chi connectivity index (χ0n) is 8.68. The number of carbonyl (C=O) groups excluding carboxylic acids is 2. The van der Waals surface area contributed by atoms with Crippen molar-refractivity contribution in [3.05, 3.63) is 35.9 Å². The Labute approximate surface area is 93.0 Å². The Bertz CT molecular complexity index is 391. The van der Waals surface area contributed by atoms with Gasteiger partial charge in [0.2, 0.25) is 0 Å².